The zero-order valence-corrected chi connectivity index (χ0v) is 23.3. The number of aliphatic hydroxyl groups excluding tert-OH is 1. The van der Waals surface area contributed by atoms with Gasteiger partial charge in [-0.1, -0.05) is 18.2 Å². The van der Waals surface area contributed by atoms with Crippen LogP contribution in [-0.2, 0) is 14.2 Å². The Labute approximate surface area is 217 Å². The average Bonchev–Trinajstić information content (AvgIpc) is 2.76. The highest BCUT2D eigenvalue weighted by Gasteiger charge is 2.37. The minimum Gasteiger partial charge on any atom is -0.465 e. The van der Waals surface area contributed by atoms with Gasteiger partial charge in [-0.3, -0.25) is 0 Å². The standard InChI is InChI=1S/C29H47NO6/c1-20(35-28(2,3)4)34-26-13-9-8-11-23(26)21-14-16-22(17-15-21)33-19-24-25(31)12-10-18-30(24)27(32)36-29(5,6)7/h8-9,11,13,20-22,24-25,31H,10,12,14-19H2,1-7H3. The van der Waals surface area contributed by atoms with E-state index in [0.717, 1.165) is 37.9 Å². The van der Waals surface area contributed by atoms with E-state index in [1.54, 1.807) is 4.90 Å². The Morgan fingerprint density at radius 1 is 1.03 bits per heavy atom. The zero-order valence-electron chi connectivity index (χ0n) is 23.3. The lowest BCUT2D eigenvalue weighted by molar-refractivity contribution is -0.140. The van der Waals surface area contributed by atoms with Crippen molar-refractivity contribution in [1.29, 1.82) is 0 Å². The van der Waals surface area contributed by atoms with Gasteiger partial charge in [-0.25, -0.2) is 4.79 Å². The number of ether oxygens (including phenoxy) is 4. The molecule has 7 heteroatoms. The molecule has 1 aliphatic carbocycles. The van der Waals surface area contributed by atoms with E-state index < -0.39 is 11.7 Å². The molecule has 0 aromatic heterocycles. The molecule has 1 saturated heterocycles. The van der Waals surface area contributed by atoms with Crippen molar-refractivity contribution >= 4 is 6.09 Å². The second kappa shape index (κ2) is 12.1. The number of piperidine rings is 1. The van der Waals surface area contributed by atoms with Gasteiger partial charge in [-0.2, -0.15) is 0 Å². The van der Waals surface area contributed by atoms with Gasteiger partial charge in [0.15, 0.2) is 6.29 Å². The van der Waals surface area contributed by atoms with Crippen LogP contribution in [0.5, 0.6) is 5.75 Å². The van der Waals surface area contributed by atoms with Crippen LogP contribution in [0.1, 0.15) is 98.5 Å². The molecule has 2 fully saturated rings. The number of carbonyl (C=O) groups excluding carboxylic acids is 1. The molecule has 1 aromatic carbocycles. The second-order valence-electron chi connectivity index (χ2n) is 12.2. The van der Waals surface area contributed by atoms with E-state index >= 15 is 0 Å². The normalized spacial score (nSPS) is 26.4. The largest absolute Gasteiger partial charge is 0.465 e. The van der Waals surface area contributed by atoms with Crippen LogP contribution >= 0.6 is 0 Å². The molecule has 1 N–H and O–H groups in total. The van der Waals surface area contributed by atoms with Crippen LogP contribution < -0.4 is 4.74 Å². The summed E-state index contributed by atoms with van der Waals surface area (Å²) < 4.78 is 24.0. The summed E-state index contributed by atoms with van der Waals surface area (Å²) >= 11 is 0. The summed E-state index contributed by atoms with van der Waals surface area (Å²) in [7, 11) is 0. The van der Waals surface area contributed by atoms with Crippen LogP contribution in [0.25, 0.3) is 0 Å². The van der Waals surface area contributed by atoms with E-state index in [2.05, 4.69) is 12.1 Å². The third kappa shape index (κ3) is 8.63. The first kappa shape index (κ1) is 28.7. The fraction of sp³-hybridized carbons (Fsp3) is 0.759. The summed E-state index contributed by atoms with van der Waals surface area (Å²) in [6.45, 7) is 14.5. The SMILES string of the molecule is CC(Oc1ccccc1C1CCC(OCC2C(O)CCCN2C(=O)OC(C)(C)C)CC1)OC(C)(C)C. The molecule has 1 aliphatic heterocycles. The van der Waals surface area contributed by atoms with Gasteiger partial charge < -0.3 is 29.0 Å². The maximum atomic E-state index is 12.7. The average molecular weight is 506 g/mol. The molecule has 0 bridgehead atoms. The predicted octanol–water partition coefficient (Wildman–Crippen LogP) is 6.03. The number of rotatable bonds is 7. The Morgan fingerprint density at radius 2 is 1.69 bits per heavy atom. The van der Waals surface area contributed by atoms with Crippen molar-refractivity contribution in [1.82, 2.24) is 4.90 Å². The van der Waals surface area contributed by atoms with E-state index in [1.165, 1.54) is 5.56 Å². The maximum absolute atomic E-state index is 12.7. The first-order valence-electron chi connectivity index (χ1n) is 13.5. The molecular weight excluding hydrogens is 458 g/mol. The van der Waals surface area contributed by atoms with Crippen LogP contribution in [0.4, 0.5) is 4.79 Å². The van der Waals surface area contributed by atoms with E-state index in [1.807, 2.05) is 60.6 Å². The van der Waals surface area contributed by atoms with Gasteiger partial charge in [0, 0.05) is 6.54 Å². The lowest BCUT2D eigenvalue weighted by Gasteiger charge is -2.40. The molecule has 0 spiro atoms. The molecule has 7 nitrogen and oxygen atoms in total. The van der Waals surface area contributed by atoms with E-state index in [-0.39, 0.29) is 30.1 Å². The van der Waals surface area contributed by atoms with Crippen LogP contribution in [0.3, 0.4) is 0 Å². The highest BCUT2D eigenvalue weighted by atomic mass is 16.7. The van der Waals surface area contributed by atoms with Gasteiger partial charge in [0.2, 0.25) is 0 Å². The summed E-state index contributed by atoms with van der Waals surface area (Å²) in [5, 5.41) is 10.6. The van der Waals surface area contributed by atoms with Gasteiger partial charge in [-0.05, 0) is 105 Å². The molecule has 36 heavy (non-hydrogen) atoms. The number of carbonyl (C=O) groups is 1. The quantitative estimate of drug-likeness (QED) is 0.456. The maximum Gasteiger partial charge on any atom is 0.410 e. The van der Waals surface area contributed by atoms with Crippen molar-refractivity contribution in [2.75, 3.05) is 13.2 Å². The van der Waals surface area contributed by atoms with Crippen molar-refractivity contribution < 1.29 is 28.8 Å². The lowest BCUT2D eigenvalue weighted by atomic mass is 9.82. The molecule has 1 saturated carbocycles. The Balaban J connectivity index is 1.54. The monoisotopic (exact) mass is 505 g/mol. The molecule has 1 aromatic rings. The van der Waals surface area contributed by atoms with Crippen molar-refractivity contribution in [2.45, 2.75) is 129 Å². The van der Waals surface area contributed by atoms with Crippen LogP contribution in [0, 0.1) is 0 Å². The number of hydrogen-bond donors (Lipinski definition) is 1. The number of likely N-dealkylation sites (tertiary alicyclic amines) is 1. The smallest absolute Gasteiger partial charge is 0.410 e. The van der Waals surface area contributed by atoms with E-state index in [4.69, 9.17) is 18.9 Å². The fourth-order valence-corrected chi connectivity index (χ4v) is 5.19. The van der Waals surface area contributed by atoms with Gasteiger partial charge in [0.05, 0.1) is 30.5 Å². The third-order valence-corrected chi connectivity index (χ3v) is 6.72. The van der Waals surface area contributed by atoms with E-state index in [0.29, 0.717) is 25.5 Å². The summed E-state index contributed by atoms with van der Waals surface area (Å²) in [5.74, 6) is 1.29. The Hall–Kier alpha value is -1.83. The highest BCUT2D eigenvalue weighted by molar-refractivity contribution is 5.68. The molecular formula is C29H47NO6. The van der Waals surface area contributed by atoms with E-state index in [9.17, 15) is 9.90 Å². The minimum atomic E-state index is -0.594. The molecule has 3 atom stereocenters. The van der Waals surface area contributed by atoms with Crippen LogP contribution in [-0.4, -0.2) is 65.0 Å². The minimum absolute atomic E-state index is 0.118. The second-order valence-corrected chi connectivity index (χ2v) is 12.2. The van der Waals surface area contributed by atoms with Gasteiger partial charge >= 0.3 is 6.09 Å². The fourth-order valence-electron chi connectivity index (χ4n) is 5.19. The number of amides is 1. The third-order valence-electron chi connectivity index (χ3n) is 6.72. The molecule has 2 aliphatic rings. The Bertz CT molecular complexity index is 837. The predicted molar refractivity (Wildman–Crippen MR) is 140 cm³/mol. The molecule has 3 unspecified atom stereocenters. The van der Waals surface area contributed by atoms with Crippen molar-refractivity contribution in [3.63, 3.8) is 0 Å². The first-order valence-corrected chi connectivity index (χ1v) is 13.5. The van der Waals surface area contributed by atoms with Crippen molar-refractivity contribution in [3.05, 3.63) is 29.8 Å². The summed E-state index contributed by atoms with van der Waals surface area (Å²) in [5.41, 5.74) is 0.383. The Morgan fingerprint density at radius 3 is 2.33 bits per heavy atom. The summed E-state index contributed by atoms with van der Waals surface area (Å²) in [4.78, 5) is 14.4. The number of aliphatic hydroxyl groups is 1. The number of benzene rings is 1. The van der Waals surface area contributed by atoms with Crippen molar-refractivity contribution in [2.24, 2.45) is 0 Å². The number of hydrogen-bond acceptors (Lipinski definition) is 6. The van der Waals surface area contributed by atoms with Crippen LogP contribution in [0.15, 0.2) is 24.3 Å². The van der Waals surface area contributed by atoms with Gasteiger partial charge in [-0.15, -0.1) is 0 Å². The molecule has 1 amide bonds. The zero-order chi connectivity index (χ0) is 26.5. The summed E-state index contributed by atoms with van der Waals surface area (Å²) in [6, 6.07) is 7.88. The van der Waals surface area contributed by atoms with Gasteiger partial charge in [0.1, 0.15) is 11.4 Å². The lowest BCUT2D eigenvalue weighted by Crippen LogP contribution is -2.54. The molecule has 3 rings (SSSR count). The van der Waals surface area contributed by atoms with Crippen molar-refractivity contribution in [3.8, 4) is 5.75 Å². The van der Waals surface area contributed by atoms with Gasteiger partial charge in [0.25, 0.3) is 0 Å². The first-order chi connectivity index (χ1) is 16.8. The topological polar surface area (TPSA) is 77.5 Å². The Kier molecular flexibility index (Phi) is 9.69. The summed E-state index contributed by atoms with van der Waals surface area (Å²) in [6.07, 6.45) is 4.13. The molecule has 1 heterocycles. The molecule has 204 valence electrons. The molecule has 0 radical (unpaired) electrons. The van der Waals surface area contributed by atoms with Crippen LogP contribution in [0.2, 0.25) is 0 Å². The highest BCUT2D eigenvalue weighted by Crippen LogP contribution is 2.39. The number of nitrogens with zero attached hydrogens (tertiary/aromatic N) is 1. The number of para-hydroxylation sites is 1.